The van der Waals surface area contributed by atoms with Gasteiger partial charge in [0.1, 0.15) is 5.69 Å². The monoisotopic (exact) mass is 417 g/mol. The van der Waals surface area contributed by atoms with E-state index in [2.05, 4.69) is 22.0 Å². The first kappa shape index (κ1) is 18.7. The summed E-state index contributed by atoms with van der Waals surface area (Å²) >= 11 is 3.43. The molecule has 1 saturated carbocycles. The molecular weight excluding hydrogens is 390 g/mol. The lowest BCUT2D eigenvalue weighted by Crippen LogP contribution is -2.38. The van der Waals surface area contributed by atoms with Gasteiger partial charge in [0.05, 0.1) is 12.1 Å². The molecule has 4 heterocycles. The molecule has 150 valence electrons. The number of carbonyl (C=O) groups is 1. The number of rotatable bonds is 5. The molecule has 2 aliphatic heterocycles. The zero-order valence-corrected chi connectivity index (χ0v) is 17.7. The molecule has 0 aromatic carbocycles. The summed E-state index contributed by atoms with van der Waals surface area (Å²) < 4.78 is 0. The van der Waals surface area contributed by atoms with Crippen LogP contribution in [0.4, 0.5) is 0 Å². The van der Waals surface area contributed by atoms with E-state index in [1.165, 1.54) is 41.9 Å². The molecule has 2 aromatic rings. The number of carbonyl (C=O) groups excluding carboxylic acids is 1. The lowest BCUT2D eigenvalue weighted by molar-refractivity contribution is 0.0714. The highest BCUT2D eigenvalue weighted by atomic mass is 32.1. The van der Waals surface area contributed by atoms with Gasteiger partial charge in [-0.2, -0.15) is 0 Å². The van der Waals surface area contributed by atoms with Crippen LogP contribution in [0, 0.1) is 11.3 Å². The van der Waals surface area contributed by atoms with E-state index >= 15 is 0 Å². The second-order valence-corrected chi connectivity index (χ2v) is 10.7. The Balaban J connectivity index is 1.23. The summed E-state index contributed by atoms with van der Waals surface area (Å²) in [5.41, 5.74) is 2.05. The molecule has 2 saturated heterocycles. The van der Waals surface area contributed by atoms with E-state index in [0.29, 0.717) is 18.2 Å². The fourth-order valence-electron chi connectivity index (χ4n) is 5.40. The maximum atomic E-state index is 12.7. The van der Waals surface area contributed by atoms with Gasteiger partial charge in [-0.3, -0.25) is 9.69 Å². The van der Waals surface area contributed by atoms with Gasteiger partial charge in [-0.1, -0.05) is 12.8 Å². The highest BCUT2D eigenvalue weighted by Gasteiger charge is 2.53. The van der Waals surface area contributed by atoms with E-state index in [0.717, 1.165) is 32.1 Å². The van der Waals surface area contributed by atoms with Crippen molar-refractivity contribution in [2.45, 2.75) is 38.1 Å². The minimum absolute atomic E-state index is 0.00878. The van der Waals surface area contributed by atoms with Crippen molar-refractivity contribution in [2.24, 2.45) is 11.3 Å². The van der Waals surface area contributed by atoms with Crippen molar-refractivity contribution in [1.29, 1.82) is 0 Å². The predicted molar refractivity (Wildman–Crippen MR) is 112 cm³/mol. The molecule has 1 aliphatic carbocycles. The average Bonchev–Trinajstić information content (AvgIpc) is 3.49. The van der Waals surface area contributed by atoms with Crippen LogP contribution in [0.2, 0.25) is 0 Å². The number of hydrogen-bond donors (Lipinski definition) is 1. The molecule has 7 heteroatoms. The molecule has 3 aliphatic rings. The third kappa shape index (κ3) is 3.32. The number of fused-ring (bicyclic) bond motifs is 1. The summed E-state index contributed by atoms with van der Waals surface area (Å²) in [6.45, 7) is 4.30. The molecule has 1 amide bonds. The van der Waals surface area contributed by atoms with Gasteiger partial charge in [-0.25, -0.2) is 4.98 Å². The lowest BCUT2D eigenvalue weighted by Gasteiger charge is -2.27. The summed E-state index contributed by atoms with van der Waals surface area (Å²) in [6, 6.07) is 4.64. The van der Waals surface area contributed by atoms with Crippen LogP contribution in [0.25, 0.3) is 0 Å². The normalized spacial score (nSPS) is 28.3. The maximum absolute atomic E-state index is 12.7. The van der Waals surface area contributed by atoms with Crippen molar-refractivity contribution >= 4 is 28.6 Å². The average molecular weight is 418 g/mol. The second-order valence-electron chi connectivity index (χ2n) is 8.73. The Morgan fingerprint density at radius 1 is 1.25 bits per heavy atom. The van der Waals surface area contributed by atoms with Crippen LogP contribution in [-0.2, 0) is 6.54 Å². The van der Waals surface area contributed by atoms with Crippen LogP contribution in [-0.4, -0.2) is 58.6 Å². The minimum atomic E-state index is -0.183. The van der Waals surface area contributed by atoms with Crippen molar-refractivity contribution in [2.75, 3.05) is 32.8 Å². The number of amides is 1. The zero-order chi connectivity index (χ0) is 19.1. The summed E-state index contributed by atoms with van der Waals surface area (Å²) in [4.78, 5) is 24.2. The number of thiophene rings is 1. The molecule has 2 atom stereocenters. The van der Waals surface area contributed by atoms with E-state index in [9.17, 15) is 9.90 Å². The quantitative estimate of drug-likeness (QED) is 0.810. The fourth-order valence-corrected chi connectivity index (χ4v) is 7.15. The summed E-state index contributed by atoms with van der Waals surface area (Å²) in [5, 5.41) is 12.0. The van der Waals surface area contributed by atoms with Gasteiger partial charge in [0.25, 0.3) is 5.91 Å². The first-order chi connectivity index (χ1) is 13.7. The van der Waals surface area contributed by atoms with Crippen LogP contribution < -0.4 is 0 Å². The van der Waals surface area contributed by atoms with E-state index in [1.54, 1.807) is 10.4 Å². The summed E-state index contributed by atoms with van der Waals surface area (Å²) in [5.74, 6) is 1.13. The molecule has 0 bridgehead atoms. The van der Waals surface area contributed by atoms with Crippen molar-refractivity contribution in [3.63, 3.8) is 0 Å². The molecule has 0 spiro atoms. The van der Waals surface area contributed by atoms with Crippen LogP contribution in [0.5, 0.6) is 0 Å². The van der Waals surface area contributed by atoms with Gasteiger partial charge in [0.2, 0.25) is 0 Å². The standard InChI is InChI=1S/C21H27N3O2S2/c25-13-21-11-23(9-17-5-6-19(28-17)15-3-1-2-4-15)7-16(21)8-24(12-21)20(26)18-10-27-14-22-18/h5-6,10,14-16,25H,1-4,7-9,11-13H2/t16-,21+/m0/s1. The Morgan fingerprint density at radius 3 is 2.82 bits per heavy atom. The smallest absolute Gasteiger partial charge is 0.273 e. The SMILES string of the molecule is O=C(c1cscn1)N1C[C@@H]2CN(Cc3ccc(C4CCCC4)s3)C[C@]2(CO)C1. The maximum Gasteiger partial charge on any atom is 0.273 e. The van der Waals surface area contributed by atoms with Gasteiger partial charge < -0.3 is 10.0 Å². The summed E-state index contributed by atoms with van der Waals surface area (Å²) in [7, 11) is 0. The Bertz CT molecular complexity index is 831. The number of hydrogen-bond acceptors (Lipinski definition) is 6. The number of likely N-dealkylation sites (tertiary alicyclic amines) is 2. The largest absolute Gasteiger partial charge is 0.396 e. The van der Waals surface area contributed by atoms with Gasteiger partial charge in [0.15, 0.2) is 0 Å². The van der Waals surface area contributed by atoms with Crippen LogP contribution in [0.3, 0.4) is 0 Å². The van der Waals surface area contributed by atoms with E-state index in [4.69, 9.17) is 0 Å². The van der Waals surface area contributed by atoms with Crippen LogP contribution in [0.15, 0.2) is 23.0 Å². The summed E-state index contributed by atoms with van der Waals surface area (Å²) in [6.07, 6.45) is 5.45. The number of aromatic nitrogens is 1. The Morgan fingerprint density at radius 2 is 2.11 bits per heavy atom. The molecule has 3 fully saturated rings. The van der Waals surface area contributed by atoms with E-state index in [-0.39, 0.29) is 17.9 Å². The molecule has 1 N–H and O–H groups in total. The Kier molecular flexibility index (Phi) is 5.03. The highest BCUT2D eigenvalue weighted by molar-refractivity contribution is 7.12. The molecular formula is C21H27N3O2S2. The third-order valence-electron chi connectivity index (χ3n) is 6.90. The minimum Gasteiger partial charge on any atom is -0.396 e. The van der Waals surface area contributed by atoms with Gasteiger partial charge >= 0.3 is 0 Å². The first-order valence-corrected chi connectivity index (χ1v) is 12.0. The first-order valence-electron chi connectivity index (χ1n) is 10.3. The van der Waals surface area contributed by atoms with Crippen molar-refractivity contribution in [1.82, 2.24) is 14.8 Å². The van der Waals surface area contributed by atoms with Crippen LogP contribution >= 0.6 is 22.7 Å². The number of aliphatic hydroxyl groups is 1. The molecule has 28 heavy (non-hydrogen) atoms. The number of nitrogens with zero attached hydrogens (tertiary/aromatic N) is 3. The van der Waals surface area contributed by atoms with Crippen molar-refractivity contribution in [3.05, 3.63) is 38.5 Å². The topological polar surface area (TPSA) is 56.7 Å². The highest BCUT2D eigenvalue weighted by Crippen LogP contribution is 2.44. The lowest BCUT2D eigenvalue weighted by atomic mass is 9.82. The molecule has 5 rings (SSSR count). The molecule has 0 radical (unpaired) electrons. The Hall–Kier alpha value is -1.28. The van der Waals surface area contributed by atoms with E-state index < -0.39 is 0 Å². The van der Waals surface area contributed by atoms with Crippen LogP contribution in [0.1, 0.15) is 51.8 Å². The van der Waals surface area contributed by atoms with Gasteiger partial charge in [-0.15, -0.1) is 22.7 Å². The fraction of sp³-hybridized carbons (Fsp3) is 0.619. The van der Waals surface area contributed by atoms with Gasteiger partial charge in [-0.05, 0) is 36.8 Å². The predicted octanol–water partition coefficient (Wildman–Crippen LogP) is 3.43. The van der Waals surface area contributed by atoms with Crippen molar-refractivity contribution in [3.8, 4) is 0 Å². The van der Waals surface area contributed by atoms with Gasteiger partial charge in [0, 0.05) is 53.3 Å². The van der Waals surface area contributed by atoms with Crippen molar-refractivity contribution < 1.29 is 9.90 Å². The van der Waals surface area contributed by atoms with E-state index in [1.807, 2.05) is 21.6 Å². The third-order valence-corrected chi connectivity index (χ3v) is 8.72. The Labute approximate surface area is 174 Å². The zero-order valence-electron chi connectivity index (χ0n) is 16.0. The number of thiazole rings is 1. The number of aliphatic hydroxyl groups excluding tert-OH is 1. The molecule has 2 aromatic heterocycles. The molecule has 5 nitrogen and oxygen atoms in total. The second kappa shape index (κ2) is 7.52. The molecule has 0 unspecified atom stereocenters.